The average Bonchev–Trinajstić information content (AvgIpc) is 2.61. The highest BCUT2D eigenvalue weighted by Gasteiger charge is 2.23. The van der Waals surface area contributed by atoms with Gasteiger partial charge in [-0.2, -0.15) is 0 Å². The van der Waals surface area contributed by atoms with E-state index in [4.69, 9.17) is 0 Å². The molecule has 1 heterocycles. The van der Waals surface area contributed by atoms with Crippen LogP contribution in [0.3, 0.4) is 0 Å². The van der Waals surface area contributed by atoms with Crippen LogP contribution < -0.4 is 4.90 Å². The largest absolute Gasteiger partial charge is 0.353 e. The Hall–Kier alpha value is -1.77. The highest BCUT2D eigenvalue weighted by atomic mass is 16.1. The van der Waals surface area contributed by atoms with Crippen molar-refractivity contribution in [1.82, 2.24) is 4.90 Å². The molecule has 72 valence electrons. The average molecular weight is 188 g/mol. The molecule has 0 bridgehead atoms. The first-order valence-corrected chi connectivity index (χ1v) is 4.52. The van der Waals surface area contributed by atoms with E-state index in [1.807, 2.05) is 59.6 Å². The van der Waals surface area contributed by atoms with Crippen molar-refractivity contribution in [2.75, 3.05) is 11.9 Å². The lowest BCUT2D eigenvalue weighted by atomic mass is 10.3. The second kappa shape index (κ2) is 3.54. The van der Waals surface area contributed by atoms with Crippen LogP contribution in [0.5, 0.6) is 0 Å². The van der Waals surface area contributed by atoms with Gasteiger partial charge in [0, 0.05) is 25.1 Å². The zero-order valence-electron chi connectivity index (χ0n) is 8.00. The highest BCUT2D eigenvalue weighted by Crippen LogP contribution is 2.21. The molecule has 3 nitrogen and oxygen atoms in total. The van der Waals surface area contributed by atoms with Crippen molar-refractivity contribution in [2.45, 2.75) is 6.17 Å². The van der Waals surface area contributed by atoms with Crippen LogP contribution in [0.15, 0.2) is 42.7 Å². The van der Waals surface area contributed by atoms with Gasteiger partial charge >= 0.3 is 0 Å². The number of anilines is 1. The fourth-order valence-electron chi connectivity index (χ4n) is 1.55. The number of nitrogens with zero attached hydrogens (tertiary/aromatic N) is 2. The molecule has 1 atom stereocenters. The number of aldehydes is 1. The summed E-state index contributed by atoms with van der Waals surface area (Å²) in [6.07, 6.45) is 4.53. The van der Waals surface area contributed by atoms with Crippen molar-refractivity contribution < 1.29 is 4.79 Å². The van der Waals surface area contributed by atoms with Gasteiger partial charge in [0.25, 0.3) is 0 Å². The van der Waals surface area contributed by atoms with E-state index in [1.54, 1.807) is 0 Å². The van der Waals surface area contributed by atoms with Crippen LogP contribution in [0.1, 0.15) is 0 Å². The van der Waals surface area contributed by atoms with Gasteiger partial charge < -0.3 is 9.80 Å². The van der Waals surface area contributed by atoms with Crippen molar-refractivity contribution in [3.05, 3.63) is 42.7 Å². The molecular weight excluding hydrogens is 176 g/mol. The quantitative estimate of drug-likeness (QED) is 0.656. The number of hydrogen-bond donors (Lipinski definition) is 0. The molecule has 1 aromatic rings. The topological polar surface area (TPSA) is 23.6 Å². The third-order valence-corrected chi connectivity index (χ3v) is 2.34. The van der Waals surface area contributed by atoms with Crippen LogP contribution in [0.25, 0.3) is 0 Å². The first kappa shape index (κ1) is 8.81. The summed E-state index contributed by atoms with van der Waals surface area (Å²) in [5.74, 6) is 0. The van der Waals surface area contributed by atoms with Crippen molar-refractivity contribution in [1.29, 1.82) is 0 Å². The van der Waals surface area contributed by atoms with Crippen LogP contribution in [0.4, 0.5) is 5.69 Å². The lowest BCUT2D eigenvalue weighted by molar-refractivity contribution is -0.110. The second-order valence-electron chi connectivity index (χ2n) is 3.26. The third kappa shape index (κ3) is 1.37. The van der Waals surface area contributed by atoms with Crippen LogP contribution in [0, 0.1) is 0 Å². The predicted molar refractivity (Wildman–Crippen MR) is 55.7 cm³/mol. The predicted octanol–water partition coefficient (Wildman–Crippen LogP) is 1.43. The standard InChI is InChI=1S/C11H12N2O/c1-12-7-8-13(11(12)9-14)10-5-3-2-4-6-10/h2-9,11H,1H3. The number of rotatable bonds is 2. The minimum atomic E-state index is -0.211. The fourth-order valence-corrected chi connectivity index (χ4v) is 1.55. The number of benzene rings is 1. The molecule has 1 aromatic carbocycles. The Morgan fingerprint density at radius 1 is 1.21 bits per heavy atom. The van der Waals surface area contributed by atoms with Gasteiger partial charge in [0.2, 0.25) is 0 Å². The lowest BCUT2D eigenvalue weighted by Gasteiger charge is -2.25. The molecule has 14 heavy (non-hydrogen) atoms. The number of hydrogen-bond acceptors (Lipinski definition) is 3. The monoisotopic (exact) mass is 188 g/mol. The second-order valence-corrected chi connectivity index (χ2v) is 3.26. The first-order chi connectivity index (χ1) is 6.83. The van der Waals surface area contributed by atoms with E-state index < -0.39 is 0 Å². The zero-order chi connectivity index (χ0) is 9.97. The van der Waals surface area contributed by atoms with Crippen LogP contribution >= 0.6 is 0 Å². The number of likely N-dealkylation sites (N-methyl/N-ethyl adjacent to an activating group) is 1. The van der Waals surface area contributed by atoms with Gasteiger partial charge in [-0.1, -0.05) is 18.2 Å². The Morgan fingerprint density at radius 2 is 1.93 bits per heavy atom. The molecule has 1 aliphatic rings. The maximum Gasteiger partial charge on any atom is 0.163 e. The van der Waals surface area contributed by atoms with Crippen LogP contribution in [0.2, 0.25) is 0 Å². The summed E-state index contributed by atoms with van der Waals surface area (Å²) < 4.78 is 0. The fraction of sp³-hybridized carbons (Fsp3) is 0.182. The molecule has 0 spiro atoms. The van der Waals surface area contributed by atoms with E-state index in [2.05, 4.69) is 0 Å². The van der Waals surface area contributed by atoms with Crippen molar-refractivity contribution in [2.24, 2.45) is 0 Å². The Morgan fingerprint density at radius 3 is 2.57 bits per heavy atom. The van der Waals surface area contributed by atoms with E-state index in [0.29, 0.717) is 0 Å². The Labute approximate surface area is 83.2 Å². The van der Waals surface area contributed by atoms with E-state index in [0.717, 1.165) is 12.0 Å². The SMILES string of the molecule is CN1C=CN(c2ccccc2)C1C=O. The van der Waals surface area contributed by atoms with Gasteiger partial charge in [0.15, 0.2) is 12.5 Å². The lowest BCUT2D eigenvalue weighted by Crippen LogP contribution is -2.37. The third-order valence-electron chi connectivity index (χ3n) is 2.34. The summed E-state index contributed by atoms with van der Waals surface area (Å²) in [4.78, 5) is 14.7. The van der Waals surface area contributed by atoms with Gasteiger partial charge in [-0.3, -0.25) is 4.79 Å². The van der Waals surface area contributed by atoms with E-state index in [9.17, 15) is 4.79 Å². The molecule has 2 rings (SSSR count). The summed E-state index contributed by atoms with van der Waals surface area (Å²) in [5.41, 5.74) is 1.03. The maximum absolute atomic E-state index is 10.9. The smallest absolute Gasteiger partial charge is 0.163 e. The minimum Gasteiger partial charge on any atom is -0.353 e. The molecule has 0 fully saturated rings. The highest BCUT2D eigenvalue weighted by molar-refractivity contribution is 5.68. The summed E-state index contributed by atoms with van der Waals surface area (Å²) >= 11 is 0. The summed E-state index contributed by atoms with van der Waals surface area (Å²) in [5, 5.41) is 0. The summed E-state index contributed by atoms with van der Waals surface area (Å²) in [6, 6.07) is 9.86. The number of para-hydroxylation sites is 1. The van der Waals surface area contributed by atoms with Crippen LogP contribution in [-0.4, -0.2) is 24.4 Å². The Bertz CT molecular complexity index is 348. The molecular formula is C11H12N2O. The minimum absolute atomic E-state index is 0.211. The summed E-state index contributed by atoms with van der Waals surface area (Å²) in [6.45, 7) is 0. The molecule has 0 aromatic heterocycles. The van der Waals surface area contributed by atoms with Crippen molar-refractivity contribution >= 4 is 12.0 Å². The molecule has 0 N–H and O–H groups in total. The van der Waals surface area contributed by atoms with E-state index in [-0.39, 0.29) is 6.17 Å². The Kier molecular flexibility index (Phi) is 2.23. The normalized spacial score (nSPS) is 20.2. The van der Waals surface area contributed by atoms with Gasteiger partial charge in [0.05, 0.1) is 0 Å². The first-order valence-electron chi connectivity index (χ1n) is 4.52. The van der Waals surface area contributed by atoms with E-state index in [1.165, 1.54) is 0 Å². The van der Waals surface area contributed by atoms with Gasteiger partial charge in [-0.15, -0.1) is 0 Å². The maximum atomic E-state index is 10.9. The molecule has 0 radical (unpaired) electrons. The van der Waals surface area contributed by atoms with E-state index >= 15 is 0 Å². The van der Waals surface area contributed by atoms with Crippen LogP contribution in [-0.2, 0) is 4.79 Å². The van der Waals surface area contributed by atoms with Gasteiger partial charge in [0.1, 0.15) is 0 Å². The molecule has 0 amide bonds. The molecule has 0 saturated carbocycles. The number of carbonyl (C=O) groups is 1. The van der Waals surface area contributed by atoms with Gasteiger partial charge in [-0.05, 0) is 12.1 Å². The zero-order valence-corrected chi connectivity index (χ0v) is 8.00. The number of carbonyl (C=O) groups excluding carboxylic acids is 1. The van der Waals surface area contributed by atoms with Crippen molar-refractivity contribution in [3.63, 3.8) is 0 Å². The van der Waals surface area contributed by atoms with Gasteiger partial charge in [-0.25, -0.2) is 0 Å². The molecule has 0 aliphatic carbocycles. The Balaban J connectivity index is 2.28. The molecule has 3 heteroatoms. The molecule has 1 aliphatic heterocycles. The summed E-state index contributed by atoms with van der Waals surface area (Å²) in [7, 11) is 1.89. The molecule has 0 saturated heterocycles. The molecule has 1 unspecified atom stereocenters. The van der Waals surface area contributed by atoms with Crippen molar-refractivity contribution in [3.8, 4) is 0 Å².